The Balaban J connectivity index is 1.92. The fourth-order valence-electron chi connectivity index (χ4n) is 1.59. The number of hydrogen-bond donors (Lipinski definition) is 1. The number of aromatic nitrogens is 1. The monoisotopic (exact) mass is 323 g/mol. The zero-order chi connectivity index (χ0) is 15.2. The van der Waals surface area contributed by atoms with Crippen molar-refractivity contribution < 1.29 is 19.4 Å². The summed E-state index contributed by atoms with van der Waals surface area (Å²) < 4.78 is 5.48. The second-order valence-corrected chi connectivity index (χ2v) is 6.23. The number of carbonyl (C=O) groups excluding carboxylic acids is 1. The predicted octanol–water partition coefficient (Wildman–Crippen LogP) is 2.85. The minimum absolute atomic E-state index is 0.0507. The number of carboxylic acids is 1. The number of hydrogen-bond acceptors (Lipinski definition) is 6. The standard InChI is InChI=1S/C14H13NO4S2/c1-19-13(18)10-4-2-9(3-5-10)7-20-14-15-11(8-21-14)6-12(16)17/h2-5,8H,6-7H2,1H3,(H,16,17). The molecule has 2 rings (SSSR count). The summed E-state index contributed by atoms with van der Waals surface area (Å²) in [4.78, 5) is 26.2. The maximum absolute atomic E-state index is 11.3. The molecule has 0 saturated heterocycles. The summed E-state index contributed by atoms with van der Waals surface area (Å²) in [5.74, 6) is -0.524. The van der Waals surface area contributed by atoms with Crippen LogP contribution in [0.1, 0.15) is 21.6 Å². The van der Waals surface area contributed by atoms with Gasteiger partial charge in [-0.25, -0.2) is 9.78 Å². The summed E-state index contributed by atoms with van der Waals surface area (Å²) >= 11 is 2.98. The third-order valence-electron chi connectivity index (χ3n) is 2.60. The summed E-state index contributed by atoms with van der Waals surface area (Å²) in [6, 6.07) is 7.18. The molecule has 0 aliphatic rings. The first kappa shape index (κ1) is 15.5. The molecule has 0 radical (unpaired) electrons. The molecule has 0 bridgehead atoms. The van der Waals surface area contributed by atoms with Crippen molar-refractivity contribution in [2.45, 2.75) is 16.5 Å². The highest BCUT2D eigenvalue weighted by Gasteiger charge is 2.08. The maximum Gasteiger partial charge on any atom is 0.337 e. The molecule has 0 spiro atoms. The van der Waals surface area contributed by atoms with E-state index in [9.17, 15) is 9.59 Å². The van der Waals surface area contributed by atoms with E-state index in [1.807, 2.05) is 12.1 Å². The van der Waals surface area contributed by atoms with Gasteiger partial charge in [0.15, 0.2) is 0 Å². The van der Waals surface area contributed by atoms with E-state index in [0.29, 0.717) is 17.0 Å². The van der Waals surface area contributed by atoms with Gasteiger partial charge in [-0.15, -0.1) is 11.3 Å². The van der Waals surface area contributed by atoms with Crippen LogP contribution in [0.2, 0.25) is 0 Å². The number of thioether (sulfide) groups is 1. The topological polar surface area (TPSA) is 76.5 Å². The lowest BCUT2D eigenvalue weighted by molar-refractivity contribution is -0.136. The van der Waals surface area contributed by atoms with Gasteiger partial charge in [0.2, 0.25) is 0 Å². The summed E-state index contributed by atoms with van der Waals surface area (Å²) in [7, 11) is 1.35. The lowest BCUT2D eigenvalue weighted by Gasteiger charge is -2.02. The van der Waals surface area contributed by atoms with Crippen LogP contribution < -0.4 is 0 Å². The first-order valence-corrected chi connectivity index (χ1v) is 7.91. The Kier molecular flexibility index (Phi) is 5.35. The lowest BCUT2D eigenvalue weighted by Crippen LogP contribution is -2.00. The Morgan fingerprint density at radius 1 is 1.33 bits per heavy atom. The molecule has 0 saturated carbocycles. The summed E-state index contributed by atoms with van der Waals surface area (Å²) in [6.45, 7) is 0. The van der Waals surface area contributed by atoms with Crippen molar-refractivity contribution in [3.05, 3.63) is 46.5 Å². The minimum Gasteiger partial charge on any atom is -0.481 e. The van der Waals surface area contributed by atoms with Gasteiger partial charge in [0, 0.05) is 11.1 Å². The van der Waals surface area contributed by atoms with Gasteiger partial charge >= 0.3 is 11.9 Å². The SMILES string of the molecule is COC(=O)c1ccc(CSc2nc(CC(=O)O)cs2)cc1. The number of carboxylic acid groups (broad SMARTS) is 1. The van der Waals surface area contributed by atoms with Gasteiger partial charge in [-0.3, -0.25) is 4.79 Å². The van der Waals surface area contributed by atoms with E-state index in [1.165, 1.54) is 30.2 Å². The maximum atomic E-state index is 11.3. The number of ether oxygens (including phenoxy) is 1. The highest BCUT2D eigenvalue weighted by atomic mass is 32.2. The van der Waals surface area contributed by atoms with Gasteiger partial charge < -0.3 is 9.84 Å². The van der Waals surface area contributed by atoms with Crippen LogP contribution in [-0.2, 0) is 21.7 Å². The lowest BCUT2D eigenvalue weighted by atomic mass is 10.1. The number of benzene rings is 1. The number of esters is 1. The van der Waals surface area contributed by atoms with E-state index in [-0.39, 0.29) is 12.4 Å². The van der Waals surface area contributed by atoms with E-state index in [4.69, 9.17) is 5.11 Å². The second-order valence-electron chi connectivity index (χ2n) is 4.15. The summed E-state index contributed by atoms with van der Waals surface area (Å²) in [5, 5.41) is 10.5. The highest BCUT2D eigenvalue weighted by molar-refractivity contribution is 8.00. The van der Waals surface area contributed by atoms with Crippen molar-refractivity contribution in [2.24, 2.45) is 0 Å². The molecular weight excluding hydrogens is 310 g/mol. The van der Waals surface area contributed by atoms with Crippen LogP contribution in [0.5, 0.6) is 0 Å². The Morgan fingerprint density at radius 3 is 2.67 bits per heavy atom. The van der Waals surface area contributed by atoms with Gasteiger partial charge in [0.25, 0.3) is 0 Å². The molecule has 110 valence electrons. The van der Waals surface area contributed by atoms with E-state index >= 15 is 0 Å². The largest absolute Gasteiger partial charge is 0.481 e. The molecule has 0 aliphatic carbocycles. The van der Waals surface area contributed by atoms with Crippen molar-refractivity contribution in [3.63, 3.8) is 0 Å². The minimum atomic E-state index is -0.879. The first-order valence-electron chi connectivity index (χ1n) is 6.04. The van der Waals surface area contributed by atoms with Gasteiger partial charge in [-0.05, 0) is 17.7 Å². The molecule has 1 heterocycles. The van der Waals surface area contributed by atoms with Crippen molar-refractivity contribution in [2.75, 3.05) is 7.11 Å². The van der Waals surface area contributed by atoms with Crippen molar-refractivity contribution in [1.29, 1.82) is 0 Å². The number of methoxy groups -OCH3 is 1. The van der Waals surface area contributed by atoms with Crippen LogP contribution in [0.15, 0.2) is 34.0 Å². The number of carbonyl (C=O) groups is 2. The van der Waals surface area contributed by atoms with Crippen LogP contribution >= 0.6 is 23.1 Å². The van der Waals surface area contributed by atoms with Crippen LogP contribution in [-0.4, -0.2) is 29.1 Å². The summed E-state index contributed by atoms with van der Waals surface area (Å²) in [6.07, 6.45) is -0.0507. The molecule has 1 aromatic heterocycles. The van der Waals surface area contributed by atoms with Crippen LogP contribution in [0, 0.1) is 0 Å². The summed E-state index contributed by atoms with van der Waals surface area (Å²) in [5.41, 5.74) is 2.16. The Bertz CT molecular complexity index is 637. The second kappa shape index (κ2) is 7.24. The number of nitrogens with zero attached hydrogens (tertiary/aromatic N) is 1. The van der Waals surface area contributed by atoms with E-state index in [0.717, 1.165) is 9.90 Å². The van der Waals surface area contributed by atoms with E-state index in [1.54, 1.807) is 17.5 Å². The molecule has 1 N–H and O–H groups in total. The molecule has 0 atom stereocenters. The molecular formula is C14H13NO4S2. The number of thiazole rings is 1. The Labute approximate surface area is 130 Å². The average molecular weight is 323 g/mol. The molecule has 21 heavy (non-hydrogen) atoms. The van der Waals surface area contributed by atoms with Gasteiger partial charge in [-0.1, -0.05) is 23.9 Å². The molecule has 0 unspecified atom stereocenters. The molecule has 0 fully saturated rings. The van der Waals surface area contributed by atoms with E-state index in [2.05, 4.69) is 9.72 Å². The highest BCUT2D eigenvalue weighted by Crippen LogP contribution is 2.26. The normalized spacial score (nSPS) is 10.3. The number of aliphatic carboxylic acids is 1. The third kappa shape index (κ3) is 4.57. The fourth-order valence-corrected chi connectivity index (χ4v) is 3.39. The molecule has 0 aliphatic heterocycles. The van der Waals surface area contributed by atoms with Crippen LogP contribution in [0.25, 0.3) is 0 Å². The molecule has 7 heteroatoms. The third-order valence-corrected chi connectivity index (χ3v) is 4.74. The molecule has 1 aromatic carbocycles. The predicted molar refractivity (Wildman–Crippen MR) is 80.8 cm³/mol. The first-order chi connectivity index (χ1) is 10.1. The van der Waals surface area contributed by atoms with Crippen molar-refractivity contribution >= 4 is 35.0 Å². The van der Waals surface area contributed by atoms with Crippen molar-refractivity contribution in [3.8, 4) is 0 Å². The molecule has 5 nitrogen and oxygen atoms in total. The fraction of sp³-hybridized carbons (Fsp3) is 0.214. The van der Waals surface area contributed by atoms with Gasteiger partial charge in [-0.2, -0.15) is 0 Å². The quantitative estimate of drug-likeness (QED) is 0.651. The van der Waals surface area contributed by atoms with Crippen molar-refractivity contribution in [1.82, 2.24) is 4.98 Å². The average Bonchev–Trinajstić information content (AvgIpc) is 2.91. The van der Waals surface area contributed by atoms with E-state index < -0.39 is 5.97 Å². The van der Waals surface area contributed by atoms with Gasteiger partial charge in [0.05, 0.1) is 24.8 Å². The number of rotatable bonds is 6. The van der Waals surface area contributed by atoms with Crippen LogP contribution in [0.4, 0.5) is 0 Å². The van der Waals surface area contributed by atoms with Crippen LogP contribution in [0.3, 0.4) is 0 Å². The van der Waals surface area contributed by atoms with Gasteiger partial charge in [0.1, 0.15) is 4.34 Å². The Hall–Kier alpha value is -1.86. The molecule has 2 aromatic rings. The Morgan fingerprint density at radius 2 is 2.05 bits per heavy atom. The zero-order valence-corrected chi connectivity index (χ0v) is 12.9. The molecule has 0 amide bonds. The zero-order valence-electron chi connectivity index (χ0n) is 11.2. The smallest absolute Gasteiger partial charge is 0.337 e.